The second kappa shape index (κ2) is 3.46. The molecule has 1 aliphatic rings. The van der Waals surface area contributed by atoms with Crippen LogP contribution >= 0.6 is 0 Å². The lowest BCUT2D eigenvalue weighted by molar-refractivity contribution is -0.860. The van der Waals surface area contributed by atoms with Crippen LogP contribution in [0.3, 0.4) is 0 Å². The number of aryl methyl sites for hydroxylation is 1. The Bertz CT molecular complexity index is 284. The van der Waals surface area contributed by atoms with Crippen molar-refractivity contribution in [1.29, 1.82) is 0 Å². The van der Waals surface area contributed by atoms with Gasteiger partial charge in [0.15, 0.2) is 5.82 Å². The quantitative estimate of drug-likeness (QED) is 0.617. The molecule has 2 unspecified atom stereocenters. The molecule has 2 heterocycles. The number of piperidine rings is 1. The lowest BCUT2D eigenvalue weighted by Crippen LogP contribution is -3.08. The van der Waals surface area contributed by atoms with E-state index in [9.17, 15) is 0 Å². The van der Waals surface area contributed by atoms with E-state index in [4.69, 9.17) is 4.52 Å². The van der Waals surface area contributed by atoms with Gasteiger partial charge in [0, 0.05) is 6.92 Å². The van der Waals surface area contributed by atoms with Crippen LogP contribution in [0.15, 0.2) is 4.52 Å². The molecule has 0 bridgehead atoms. The third-order valence-corrected chi connectivity index (χ3v) is 2.53. The van der Waals surface area contributed by atoms with Crippen molar-refractivity contribution in [2.24, 2.45) is 0 Å². The van der Waals surface area contributed by atoms with Crippen molar-refractivity contribution in [1.82, 2.24) is 10.1 Å². The van der Waals surface area contributed by atoms with E-state index >= 15 is 0 Å². The van der Waals surface area contributed by atoms with Crippen LogP contribution < -0.4 is 4.90 Å². The molecule has 1 aromatic rings. The Morgan fingerprint density at radius 2 is 2.46 bits per heavy atom. The standard InChI is InChI=1S/C9H15N3O/c1-7-10-9(11-13-7)8-4-3-5-12(2)6-8/h8,12H,2-6H2,1H3. The van der Waals surface area contributed by atoms with Crippen LogP contribution in [-0.2, 0) is 0 Å². The number of hydrogen-bond donors (Lipinski definition) is 1. The number of aromatic nitrogens is 2. The van der Waals surface area contributed by atoms with Crippen molar-refractivity contribution in [2.75, 3.05) is 13.1 Å². The molecule has 1 fully saturated rings. The highest BCUT2D eigenvalue weighted by Gasteiger charge is 2.23. The van der Waals surface area contributed by atoms with Crippen LogP contribution in [0, 0.1) is 14.0 Å². The van der Waals surface area contributed by atoms with Crippen molar-refractivity contribution in [3.05, 3.63) is 18.8 Å². The van der Waals surface area contributed by atoms with Gasteiger partial charge in [-0.15, -0.1) is 0 Å². The van der Waals surface area contributed by atoms with Crippen LogP contribution in [0.2, 0.25) is 0 Å². The summed E-state index contributed by atoms with van der Waals surface area (Å²) in [6.45, 7) is 4.01. The van der Waals surface area contributed by atoms with Crippen molar-refractivity contribution in [2.45, 2.75) is 25.7 Å². The minimum atomic E-state index is 0.443. The number of rotatable bonds is 1. The van der Waals surface area contributed by atoms with Crippen molar-refractivity contribution >= 4 is 0 Å². The average Bonchev–Trinajstić information content (AvgIpc) is 2.52. The maximum Gasteiger partial charge on any atom is 0.223 e. The molecule has 13 heavy (non-hydrogen) atoms. The van der Waals surface area contributed by atoms with Crippen LogP contribution in [0.4, 0.5) is 0 Å². The monoisotopic (exact) mass is 181 g/mol. The van der Waals surface area contributed by atoms with Gasteiger partial charge >= 0.3 is 0 Å². The van der Waals surface area contributed by atoms with Gasteiger partial charge in [0.1, 0.15) is 0 Å². The predicted molar refractivity (Wildman–Crippen MR) is 47.1 cm³/mol. The normalized spacial score (nSPS) is 29.1. The molecule has 1 aliphatic heterocycles. The van der Waals surface area contributed by atoms with Crippen LogP contribution in [0.1, 0.15) is 30.5 Å². The molecule has 0 saturated carbocycles. The lowest BCUT2D eigenvalue weighted by atomic mass is 9.98. The third kappa shape index (κ3) is 1.88. The molecule has 0 radical (unpaired) electrons. The molecule has 1 saturated heterocycles. The third-order valence-electron chi connectivity index (χ3n) is 2.53. The molecule has 4 nitrogen and oxygen atoms in total. The highest BCUT2D eigenvalue weighted by atomic mass is 16.5. The van der Waals surface area contributed by atoms with E-state index in [0.717, 1.165) is 25.3 Å². The maximum absolute atomic E-state index is 4.96. The fourth-order valence-corrected chi connectivity index (χ4v) is 1.85. The predicted octanol–water partition coefficient (Wildman–Crippen LogP) is -0.0681. The van der Waals surface area contributed by atoms with Crippen LogP contribution in [0.25, 0.3) is 0 Å². The fourth-order valence-electron chi connectivity index (χ4n) is 1.85. The first-order chi connectivity index (χ1) is 6.25. The maximum atomic E-state index is 4.96. The summed E-state index contributed by atoms with van der Waals surface area (Å²) in [5, 5.41) is 3.95. The first kappa shape index (κ1) is 8.69. The molecule has 0 aromatic carbocycles. The summed E-state index contributed by atoms with van der Waals surface area (Å²) < 4.78 is 4.96. The van der Waals surface area contributed by atoms with E-state index in [2.05, 4.69) is 17.2 Å². The van der Waals surface area contributed by atoms with Gasteiger partial charge in [0.25, 0.3) is 0 Å². The lowest BCUT2D eigenvalue weighted by Gasteiger charge is -2.29. The second-order valence-electron chi connectivity index (χ2n) is 3.71. The van der Waals surface area contributed by atoms with Crippen molar-refractivity contribution < 1.29 is 9.42 Å². The number of nitrogens with zero attached hydrogens (tertiary/aromatic N) is 2. The highest BCUT2D eigenvalue weighted by Crippen LogP contribution is 2.18. The van der Waals surface area contributed by atoms with Crippen LogP contribution in [0.5, 0.6) is 0 Å². The molecular weight excluding hydrogens is 166 g/mol. The SMILES string of the molecule is [CH2-][NH+]1CCCC(c2noc(C)n2)C1. The first-order valence-electron chi connectivity index (χ1n) is 4.72. The van der Waals surface area contributed by atoms with E-state index in [-0.39, 0.29) is 0 Å². The van der Waals surface area contributed by atoms with E-state index in [0.29, 0.717) is 11.8 Å². The zero-order valence-electron chi connectivity index (χ0n) is 7.92. The first-order valence-corrected chi connectivity index (χ1v) is 4.72. The molecule has 72 valence electrons. The Labute approximate surface area is 77.9 Å². The van der Waals surface area contributed by atoms with Gasteiger partial charge in [-0.3, -0.25) is 0 Å². The molecule has 0 amide bonds. The minimum absolute atomic E-state index is 0.443. The Morgan fingerprint density at radius 1 is 1.62 bits per heavy atom. The van der Waals surface area contributed by atoms with Crippen molar-refractivity contribution in [3.63, 3.8) is 0 Å². The number of quaternary nitrogens is 1. The summed E-state index contributed by atoms with van der Waals surface area (Å²) in [5.41, 5.74) is 0. The zero-order valence-corrected chi connectivity index (χ0v) is 7.92. The number of nitrogens with one attached hydrogen (secondary N) is 1. The fraction of sp³-hybridized carbons (Fsp3) is 0.667. The zero-order chi connectivity index (χ0) is 9.26. The molecule has 4 heteroatoms. The van der Waals surface area contributed by atoms with Gasteiger partial charge in [-0.2, -0.15) is 12.0 Å². The Balaban J connectivity index is 2.08. The Morgan fingerprint density at radius 3 is 3.08 bits per heavy atom. The Hall–Kier alpha value is -0.900. The van der Waals surface area contributed by atoms with E-state index in [1.807, 2.05) is 6.92 Å². The average molecular weight is 181 g/mol. The second-order valence-corrected chi connectivity index (χ2v) is 3.71. The Kier molecular flexibility index (Phi) is 2.31. The largest absolute Gasteiger partial charge is 0.467 e. The van der Waals surface area contributed by atoms with E-state index in [1.165, 1.54) is 11.3 Å². The van der Waals surface area contributed by atoms with Gasteiger partial charge in [0.2, 0.25) is 5.89 Å². The molecule has 0 spiro atoms. The number of likely N-dealkylation sites (tertiary alicyclic amines) is 1. The number of hydrogen-bond acceptors (Lipinski definition) is 3. The van der Waals surface area contributed by atoms with Crippen molar-refractivity contribution in [3.8, 4) is 0 Å². The van der Waals surface area contributed by atoms with Gasteiger partial charge in [-0.1, -0.05) is 5.16 Å². The summed E-state index contributed by atoms with van der Waals surface area (Å²) in [7, 11) is 4.01. The summed E-state index contributed by atoms with van der Waals surface area (Å²) in [6.07, 6.45) is 2.37. The smallest absolute Gasteiger partial charge is 0.223 e. The molecule has 1 N–H and O–H groups in total. The molecule has 2 atom stereocenters. The van der Waals surface area contributed by atoms with Gasteiger partial charge in [0.05, 0.1) is 19.0 Å². The van der Waals surface area contributed by atoms with Crippen LogP contribution in [-0.4, -0.2) is 23.2 Å². The van der Waals surface area contributed by atoms with E-state index < -0.39 is 0 Å². The topological polar surface area (TPSA) is 43.4 Å². The molecular formula is C9H15N3O. The molecule has 0 aliphatic carbocycles. The summed E-state index contributed by atoms with van der Waals surface area (Å²) in [5.74, 6) is 1.96. The molecule has 2 rings (SSSR count). The van der Waals surface area contributed by atoms with E-state index in [1.54, 1.807) is 0 Å². The summed E-state index contributed by atoms with van der Waals surface area (Å²) >= 11 is 0. The van der Waals surface area contributed by atoms with Gasteiger partial charge < -0.3 is 9.42 Å². The van der Waals surface area contributed by atoms with Gasteiger partial charge in [-0.25, -0.2) is 0 Å². The summed E-state index contributed by atoms with van der Waals surface area (Å²) in [4.78, 5) is 5.57. The van der Waals surface area contributed by atoms with Gasteiger partial charge in [-0.05, 0) is 12.8 Å². The molecule has 1 aromatic heterocycles. The highest BCUT2D eigenvalue weighted by molar-refractivity contribution is 4.95. The summed E-state index contributed by atoms with van der Waals surface area (Å²) in [6, 6.07) is 0. The minimum Gasteiger partial charge on any atom is -0.467 e.